The van der Waals surface area contributed by atoms with Crippen LogP contribution in [0.5, 0.6) is 0 Å². The molecule has 0 atom stereocenters. The number of aromatic nitrogens is 1. The molecule has 8 heteroatoms. The number of benzene rings is 2. The largest absolute Gasteiger partial charge is 0.356 e. The minimum Gasteiger partial charge on any atom is -0.356 e. The summed E-state index contributed by atoms with van der Waals surface area (Å²) in [6.07, 6.45) is 0. The van der Waals surface area contributed by atoms with E-state index in [1.165, 1.54) is 18.2 Å². The number of halogens is 1. The maximum Gasteiger partial charge on any atom is 0.282 e. The Hall–Kier alpha value is -3.19. The normalized spacial score (nSPS) is 10.4. The molecule has 0 unspecified atom stereocenters. The number of nitro benzene ring substituents is 1. The Labute approximate surface area is 147 Å². The molecule has 2 aromatic carbocycles. The van der Waals surface area contributed by atoms with Gasteiger partial charge in [0, 0.05) is 22.7 Å². The van der Waals surface area contributed by atoms with Crippen molar-refractivity contribution in [1.29, 1.82) is 0 Å². The molecule has 0 radical (unpaired) electrons. The Kier molecular flexibility index (Phi) is 4.76. The molecule has 0 saturated heterocycles. The lowest BCUT2D eigenvalue weighted by atomic mass is 10.1. The number of nitrogens with zero attached hydrogens (tertiary/aromatic N) is 2. The molecule has 126 valence electrons. The van der Waals surface area contributed by atoms with Crippen molar-refractivity contribution in [3.8, 4) is 11.3 Å². The van der Waals surface area contributed by atoms with E-state index in [0.29, 0.717) is 16.5 Å². The second-order valence-electron chi connectivity index (χ2n) is 5.15. The molecule has 25 heavy (non-hydrogen) atoms. The summed E-state index contributed by atoms with van der Waals surface area (Å²) in [5, 5.41) is 18.1. The van der Waals surface area contributed by atoms with Gasteiger partial charge in [-0.3, -0.25) is 14.9 Å². The summed E-state index contributed by atoms with van der Waals surface area (Å²) in [4.78, 5) is 22.5. The number of nitro groups is 1. The maximum atomic E-state index is 12.2. The van der Waals surface area contributed by atoms with Crippen molar-refractivity contribution in [2.75, 3.05) is 0 Å². The van der Waals surface area contributed by atoms with Crippen LogP contribution < -0.4 is 5.32 Å². The van der Waals surface area contributed by atoms with E-state index in [1.807, 2.05) is 0 Å². The number of hydrogen-bond donors (Lipinski definition) is 1. The first-order chi connectivity index (χ1) is 12.0. The van der Waals surface area contributed by atoms with Gasteiger partial charge in [-0.05, 0) is 30.3 Å². The Morgan fingerprint density at radius 1 is 1.20 bits per heavy atom. The highest BCUT2D eigenvalue weighted by Crippen LogP contribution is 2.22. The standard InChI is InChI=1S/C17H12ClN3O4/c18-12-7-5-11(6-8-12)16-9-13(20-25-16)10-19-17(22)14-3-1-2-4-15(14)21(23)24/h1-9H,10H2,(H,19,22). The fraction of sp³-hybridized carbons (Fsp3) is 0.0588. The average Bonchev–Trinajstić information content (AvgIpc) is 3.09. The number of amides is 1. The first-order valence-electron chi connectivity index (χ1n) is 7.28. The molecule has 1 aromatic heterocycles. The molecule has 3 rings (SSSR count). The maximum absolute atomic E-state index is 12.2. The zero-order valence-corrected chi connectivity index (χ0v) is 13.6. The molecule has 0 saturated carbocycles. The van der Waals surface area contributed by atoms with Gasteiger partial charge in [0.25, 0.3) is 11.6 Å². The van der Waals surface area contributed by atoms with Gasteiger partial charge in [0.05, 0.1) is 11.5 Å². The number of carbonyl (C=O) groups is 1. The molecule has 1 amide bonds. The van der Waals surface area contributed by atoms with E-state index in [-0.39, 0.29) is 17.8 Å². The third-order valence-corrected chi connectivity index (χ3v) is 3.72. The molecule has 0 aliphatic carbocycles. The van der Waals surface area contributed by atoms with Crippen molar-refractivity contribution >= 4 is 23.2 Å². The van der Waals surface area contributed by atoms with Gasteiger partial charge in [-0.2, -0.15) is 0 Å². The summed E-state index contributed by atoms with van der Waals surface area (Å²) in [6, 6.07) is 14.5. The van der Waals surface area contributed by atoms with Crippen LogP contribution in [0.4, 0.5) is 5.69 Å². The monoisotopic (exact) mass is 357 g/mol. The predicted molar refractivity (Wildman–Crippen MR) is 91.2 cm³/mol. The third kappa shape index (κ3) is 3.84. The van der Waals surface area contributed by atoms with Crippen molar-refractivity contribution in [1.82, 2.24) is 10.5 Å². The van der Waals surface area contributed by atoms with Crippen molar-refractivity contribution in [2.45, 2.75) is 6.54 Å². The fourth-order valence-corrected chi connectivity index (χ4v) is 2.36. The number of carbonyl (C=O) groups excluding carboxylic acids is 1. The average molecular weight is 358 g/mol. The summed E-state index contributed by atoms with van der Waals surface area (Å²) in [5.41, 5.74) is 1.04. The molecule has 1 heterocycles. The highest BCUT2D eigenvalue weighted by molar-refractivity contribution is 6.30. The minimum absolute atomic E-state index is 0.00563. The predicted octanol–water partition coefficient (Wildman–Crippen LogP) is 3.83. The summed E-state index contributed by atoms with van der Waals surface area (Å²) in [6.45, 7) is 0.0853. The van der Waals surface area contributed by atoms with Gasteiger partial charge in [0.1, 0.15) is 11.3 Å². The lowest BCUT2D eigenvalue weighted by Gasteiger charge is -2.03. The number of nitrogens with one attached hydrogen (secondary N) is 1. The van der Waals surface area contributed by atoms with E-state index in [0.717, 1.165) is 5.56 Å². The van der Waals surface area contributed by atoms with Gasteiger partial charge in [0.2, 0.25) is 0 Å². The lowest BCUT2D eigenvalue weighted by molar-refractivity contribution is -0.385. The summed E-state index contributed by atoms with van der Waals surface area (Å²) in [5.74, 6) is -0.0186. The molecule has 0 spiro atoms. The van der Waals surface area contributed by atoms with Gasteiger partial charge in [0.15, 0.2) is 5.76 Å². The number of rotatable bonds is 5. The molecule has 0 fully saturated rings. The van der Waals surface area contributed by atoms with Crippen molar-refractivity contribution in [3.05, 3.63) is 81.0 Å². The van der Waals surface area contributed by atoms with Gasteiger partial charge in [-0.15, -0.1) is 0 Å². The highest BCUT2D eigenvalue weighted by Gasteiger charge is 2.19. The van der Waals surface area contributed by atoms with E-state index in [2.05, 4.69) is 10.5 Å². The van der Waals surface area contributed by atoms with Gasteiger partial charge in [-0.1, -0.05) is 28.9 Å². The van der Waals surface area contributed by atoms with Crippen LogP contribution in [0.3, 0.4) is 0 Å². The summed E-state index contributed by atoms with van der Waals surface area (Å²) in [7, 11) is 0. The van der Waals surface area contributed by atoms with E-state index < -0.39 is 10.8 Å². The van der Waals surface area contributed by atoms with E-state index >= 15 is 0 Å². The van der Waals surface area contributed by atoms with Gasteiger partial charge in [-0.25, -0.2) is 0 Å². The van der Waals surface area contributed by atoms with Crippen LogP contribution in [0.15, 0.2) is 59.1 Å². The second-order valence-corrected chi connectivity index (χ2v) is 5.58. The quantitative estimate of drug-likeness (QED) is 0.552. The van der Waals surface area contributed by atoms with Crippen molar-refractivity contribution in [3.63, 3.8) is 0 Å². The van der Waals surface area contributed by atoms with Crippen LogP contribution in [0, 0.1) is 10.1 Å². The van der Waals surface area contributed by atoms with E-state index in [1.54, 1.807) is 36.4 Å². The van der Waals surface area contributed by atoms with Crippen LogP contribution in [-0.2, 0) is 6.54 Å². The zero-order chi connectivity index (χ0) is 17.8. The Morgan fingerprint density at radius 2 is 1.92 bits per heavy atom. The van der Waals surface area contributed by atoms with Crippen LogP contribution >= 0.6 is 11.6 Å². The Morgan fingerprint density at radius 3 is 2.64 bits per heavy atom. The Balaban J connectivity index is 1.69. The molecule has 0 aliphatic heterocycles. The number of hydrogen-bond acceptors (Lipinski definition) is 5. The van der Waals surface area contributed by atoms with Gasteiger partial charge < -0.3 is 9.84 Å². The molecule has 0 aliphatic rings. The fourth-order valence-electron chi connectivity index (χ4n) is 2.24. The van der Waals surface area contributed by atoms with Gasteiger partial charge >= 0.3 is 0 Å². The topological polar surface area (TPSA) is 98.3 Å². The molecule has 3 aromatic rings. The molecule has 0 bridgehead atoms. The van der Waals surface area contributed by atoms with E-state index in [9.17, 15) is 14.9 Å². The summed E-state index contributed by atoms with van der Waals surface area (Å²) < 4.78 is 5.24. The minimum atomic E-state index is -0.594. The van der Waals surface area contributed by atoms with Crippen LogP contribution in [0.2, 0.25) is 5.02 Å². The van der Waals surface area contributed by atoms with Crippen LogP contribution in [-0.4, -0.2) is 16.0 Å². The lowest BCUT2D eigenvalue weighted by Crippen LogP contribution is -2.23. The third-order valence-electron chi connectivity index (χ3n) is 3.46. The molecule has 7 nitrogen and oxygen atoms in total. The molecular weight excluding hydrogens is 346 g/mol. The molecular formula is C17H12ClN3O4. The first-order valence-corrected chi connectivity index (χ1v) is 7.65. The van der Waals surface area contributed by atoms with Crippen LogP contribution in [0.1, 0.15) is 16.1 Å². The second kappa shape index (κ2) is 7.14. The highest BCUT2D eigenvalue weighted by atomic mass is 35.5. The zero-order valence-electron chi connectivity index (χ0n) is 12.8. The van der Waals surface area contributed by atoms with Crippen molar-refractivity contribution in [2.24, 2.45) is 0 Å². The summed E-state index contributed by atoms with van der Waals surface area (Å²) >= 11 is 5.84. The Bertz CT molecular complexity index is 922. The molecule has 1 N–H and O–H groups in total. The van der Waals surface area contributed by atoms with Crippen molar-refractivity contribution < 1.29 is 14.2 Å². The number of para-hydroxylation sites is 1. The van der Waals surface area contributed by atoms with E-state index in [4.69, 9.17) is 16.1 Å². The van der Waals surface area contributed by atoms with Crippen LogP contribution in [0.25, 0.3) is 11.3 Å². The first kappa shape index (κ1) is 16.7. The SMILES string of the molecule is O=C(NCc1cc(-c2ccc(Cl)cc2)on1)c1ccccc1[N+](=O)[O-]. The smallest absolute Gasteiger partial charge is 0.282 e.